The van der Waals surface area contributed by atoms with Crippen LogP contribution < -0.4 is 9.64 Å². The molecule has 1 aromatic heterocycles. The van der Waals surface area contributed by atoms with Gasteiger partial charge in [0.15, 0.2) is 5.82 Å². The van der Waals surface area contributed by atoms with Crippen LogP contribution in [-0.2, 0) is 11.3 Å². The molecule has 122 valence electrons. The fourth-order valence-corrected chi connectivity index (χ4v) is 2.70. The second-order valence-corrected chi connectivity index (χ2v) is 5.97. The maximum atomic E-state index is 12.8. The molecular formula is C16H21N5O2. The minimum absolute atomic E-state index is 0.00675. The smallest absolute Gasteiger partial charge is 0.249 e. The summed E-state index contributed by atoms with van der Waals surface area (Å²) in [5.74, 6) is 1.60. The minimum atomic E-state index is -0.0339. The predicted molar refractivity (Wildman–Crippen MR) is 85.4 cm³/mol. The van der Waals surface area contributed by atoms with Crippen molar-refractivity contribution >= 4 is 11.6 Å². The molecule has 1 aliphatic heterocycles. The summed E-state index contributed by atoms with van der Waals surface area (Å²) in [4.78, 5) is 14.6. The van der Waals surface area contributed by atoms with Crippen molar-refractivity contribution in [2.75, 3.05) is 11.4 Å². The summed E-state index contributed by atoms with van der Waals surface area (Å²) >= 11 is 0. The number of aromatic nitrogens is 4. The number of hydrogen-bond donors (Lipinski definition) is 0. The quantitative estimate of drug-likeness (QED) is 0.863. The van der Waals surface area contributed by atoms with Gasteiger partial charge in [0.2, 0.25) is 5.91 Å². The van der Waals surface area contributed by atoms with Gasteiger partial charge in [-0.05, 0) is 29.0 Å². The zero-order chi connectivity index (χ0) is 16.4. The van der Waals surface area contributed by atoms with Gasteiger partial charge in [-0.25, -0.2) is 4.68 Å². The molecule has 1 amide bonds. The lowest BCUT2D eigenvalue weighted by atomic mass is 10.1. The first kappa shape index (κ1) is 15.5. The third-order valence-corrected chi connectivity index (χ3v) is 3.95. The molecule has 1 unspecified atom stereocenters. The molecule has 1 aromatic carbocycles. The summed E-state index contributed by atoms with van der Waals surface area (Å²) < 4.78 is 7.49. The Labute approximate surface area is 135 Å². The number of carbonyl (C=O) groups excluding carboxylic acids is 1. The van der Waals surface area contributed by atoms with E-state index in [1.54, 1.807) is 9.58 Å². The molecule has 7 nitrogen and oxygen atoms in total. The van der Waals surface area contributed by atoms with E-state index in [1.165, 1.54) is 0 Å². The Kier molecular flexibility index (Phi) is 4.27. The average Bonchev–Trinajstić information content (AvgIpc) is 3.02. The highest BCUT2D eigenvalue weighted by Crippen LogP contribution is 2.33. The largest absolute Gasteiger partial charge is 0.486 e. The predicted octanol–water partition coefficient (Wildman–Crippen LogP) is 2.00. The van der Waals surface area contributed by atoms with Gasteiger partial charge in [0, 0.05) is 5.92 Å². The van der Waals surface area contributed by atoms with Crippen molar-refractivity contribution in [1.82, 2.24) is 20.2 Å². The van der Waals surface area contributed by atoms with Gasteiger partial charge in [-0.15, -0.1) is 5.10 Å². The van der Waals surface area contributed by atoms with Gasteiger partial charge in [-0.1, -0.05) is 32.9 Å². The number of rotatable bonds is 4. The molecule has 1 atom stereocenters. The Morgan fingerprint density at radius 3 is 2.91 bits per heavy atom. The van der Waals surface area contributed by atoms with E-state index in [4.69, 9.17) is 4.74 Å². The van der Waals surface area contributed by atoms with Gasteiger partial charge < -0.3 is 9.64 Å². The number of para-hydroxylation sites is 2. The number of benzene rings is 1. The normalized spacial score (nSPS) is 17.0. The van der Waals surface area contributed by atoms with E-state index in [2.05, 4.69) is 22.4 Å². The molecular weight excluding hydrogens is 294 g/mol. The maximum absolute atomic E-state index is 12.8. The van der Waals surface area contributed by atoms with Crippen molar-refractivity contribution in [3.63, 3.8) is 0 Å². The lowest BCUT2D eigenvalue weighted by Gasteiger charge is -2.34. The van der Waals surface area contributed by atoms with Crippen LogP contribution in [0.1, 0.15) is 38.9 Å². The van der Waals surface area contributed by atoms with Gasteiger partial charge in [0.25, 0.3) is 0 Å². The van der Waals surface area contributed by atoms with Crippen LogP contribution in [0.5, 0.6) is 5.75 Å². The maximum Gasteiger partial charge on any atom is 0.249 e. The van der Waals surface area contributed by atoms with Gasteiger partial charge >= 0.3 is 0 Å². The Bertz CT molecular complexity index is 697. The highest BCUT2D eigenvalue weighted by Gasteiger charge is 2.29. The summed E-state index contributed by atoms with van der Waals surface area (Å²) in [7, 11) is 0. The van der Waals surface area contributed by atoms with E-state index in [1.807, 2.05) is 38.1 Å². The van der Waals surface area contributed by atoms with Crippen LogP contribution >= 0.6 is 0 Å². The number of ether oxygens (including phenoxy) is 1. The molecule has 1 aliphatic rings. The van der Waals surface area contributed by atoms with Crippen LogP contribution in [0.25, 0.3) is 0 Å². The highest BCUT2D eigenvalue weighted by molar-refractivity contribution is 5.95. The average molecular weight is 315 g/mol. The van der Waals surface area contributed by atoms with Gasteiger partial charge in [-0.2, -0.15) is 0 Å². The van der Waals surface area contributed by atoms with Crippen LogP contribution in [0.15, 0.2) is 24.3 Å². The summed E-state index contributed by atoms with van der Waals surface area (Å²) in [5, 5.41) is 11.6. The first-order valence-corrected chi connectivity index (χ1v) is 7.92. The van der Waals surface area contributed by atoms with E-state index in [-0.39, 0.29) is 24.5 Å². The van der Waals surface area contributed by atoms with E-state index in [0.29, 0.717) is 12.4 Å². The van der Waals surface area contributed by atoms with Gasteiger partial charge in [0.1, 0.15) is 18.4 Å². The molecule has 0 bridgehead atoms. The number of anilines is 1. The van der Waals surface area contributed by atoms with Crippen LogP contribution in [0.3, 0.4) is 0 Å². The molecule has 0 spiro atoms. The second kappa shape index (κ2) is 6.36. The third kappa shape index (κ3) is 3.04. The van der Waals surface area contributed by atoms with E-state index in [9.17, 15) is 4.79 Å². The number of amides is 1. The van der Waals surface area contributed by atoms with E-state index in [0.717, 1.165) is 17.9 Å². The van der Waals surface area contributed by atoms with Crippen molar-refractivity contribution in [3.8, 4) is 5.75 Å². The summed E-state index contributed by atoms with van der Waals surface area (Å²) in [6, 6.07) is 7.62. The number of nitrogens with zero attached hydrogens (tertiary/aromatic N) is 5. The Balaban J connectivity index is 1.85. The van der Waals surface area contributed by atoms with Crippen molar-refractivity contribution in [2.45, 2.75) is 45.8 Å². The fourth-order valence-electron chi connectivity index (χ4n) is 2.70. The number of tetrazole rings is 1. The Morgan fingerprint density at radius 1 is 1.39 bits per heavy atom. The van der Waals surface area contributed by atoms with Crippen molar-refractivity contribution in [1.29, 1.82) is 0 Å². The Morgan fingerprint density at radius 2 is 2.17 bits per heavy atom. The van der Waals surface area contributed by atoms with Crippen LogP contribution in [0.4, 0.5) is 5.69 Å². The summed E-state index contributed by atoms with van der Waals surface area (Å²) in [6.07, 6.45) is 0.854. The number of fused-ring (bicyclic) bond motifs is 1. The van der Waals surface area contributed by atoms with E-state index < -0.39 is 0 Å². The minimum Gasteiger partial charge on any atom is -0.486 e. The summed E-state index contributed by atoms with van der Waals surface area (Å²) in [6.45, 7) is 6.74. The van der Waals surface area contributed by atoms with Crippen molar-refractivity contribution < 1.29 is 9.53 Å². The van der Waals surface area contributed by atoms with Crippen molar-refractivity contribution in [3.05, 3.63) is 30.1 Å². The molecule has 2 heterocycles. The summed E-state index contributed by atoms with van der Waals surface area (Å²) in [5.41, 5.74) is 0.807. The molecule has 2 aromatic rings. The highest BCUT2D eigenvalue weighted by atomic mass is 16.5. The molecule has 0 saturated heterocycles. The second-order valence-electron chi connectivity index (χ2n) is 5.97. The fraction of sp³-hybridized carbons (Fsp3) is 0.500. The van der Waals surface area contributed by atoms with Crippen LogP contribution in [0.2, 0.25) is 0 Å². The lowest BCUT2D eigenvalue weighted by Crippen LogP contribution is -2.44. The number of hydrogen-bond acceptors (Lipinski definition) is 5. The molecule has 0 radical (unpaired) electrons. The van der Waals surface area contributed by atoms with E-state index >= 15 is 0 Å². The first-order chi connectivity index (χ1) is 11.1. The molecule has 0 N–H and O–H groups in total. The molecule has 3 rings (SSSR count). The standard InChI is InChI=1S/C16H21N5O2/c1-4-12-9-20(13-7-5-6-8-14(13)23-12)15(22)10-21-16(11(2)3)17-18-19-21/h5-8,11-12H,4,9-10H2,1-3H3. The van der Waals surface area contributed by atoms with Crippen molar-refractivity contribution in [2.24, 2.45) is 0 Å². The monoisotopic (exact) mass is 315 g/mol. The zero-order valence-electron chi connectivity index (χ0n) is 13.6. The molecule has 0 saturated carbocycles. The number of carbonyl (C=O) groups is 1. The molecule has 0 aliphatic carbocycles. The molecule has 23 heavy (non-hydrogen) atoms. The third-order valence-electron chi connectivity index (χ3n) is 3.95. The van der Waals surface area contributed by atoms with Crippen LogP contribution in [0, 0.1) is 0 Å². The van der Waals surface area contributed by atoms with Gasteiger partial charge in [0.05, 0.1) is 12.2 Å². The molecule has 0 fully saturated rings. The van der Waals surface area contributed by atoms with Crippen LogP contribution in [-0.4, -0.2) is 38.8 Å². The Hall–Kier alpha value is -2.44. The SMILES string of the molecule is CCC1CN(C(=O)Cn2nnnc2C(C)C)c2ccccc2O1. The lowest BCUT2D eigenvalue weighted by molar-refractivity contribution is -0.120. The topological polar surface area (TPSA) is 73.1 Å². The van der Waals surface area contributed by atoms with Gasteiger partial charge in [-0.3, -0.25) is 4.79 Å². The first-order valence-electron chi connectivity index (χ1n) is 7.92. The molecule has 7 heteroatoms. The zero-order valence-corrected chi connectivity index (χ0v) is 13.6.